The van der Waals surface area contributed by atoms with Gasteiger partial charge >= 0.3 is 0 Å². The van der Waals surface area contributed by atoms with Gasteiger partial charge in [-0.1, -0.05) is 25.5 Å². The summed E-state index contributed by atoms with van der Waals surface area (Å²) in [5.74, 6) is 2.22. The Hall–Kier alpha value is -3.30. The zero-order chi connectivity index (χ0) is 21.3. The van der Waals surface area contributed by atoms with Gasteiger partial charge in [-0.15, -0.1) is 11.3 Å². The minimum atomic E-state index is 0.512. The molecule has 0 spiro atoms. The Kier molecular flexibility index (Phi) is 7.47. The van der Waals surface area contributed by atoms with Crippen LogP contribution >= 0.6 is 11.3 Å². The van der Waals surface area contributed by atoms with Gasteiger partial charge in [0.1, 0.15) is 28.3 Å². The maximum atomic E-state index is 9.67. The van der Waals surface area contributed by atoms with Crippen molar-refractivity contribution in [2.45, 2.75) is 19.8 Å². The van der Waals surface area contributed by atoms with E-state index in [1.165, 1.54) is 11.3 Å². The average molecular weight is 421 g/mol. The summed E-state index contributed by atoms with van der Waals surface area (Å²) in [5.41, 5.74) is 3.05. The van der Waals surface area contributed by atoms with Gasteiger partial charge in [0.25, 0.3) is 0 Å². The molecule has 0 aliphatic rings. The standard InChI is InChI=1S/C24H24N2O3S/c1-4-5-12-29-19-8-6-17(7-9-19)13-18(15-25)24-26-22(16-30-24)21-11-10-20(27-2)14-23(21)28-3/h6-11,13-14,16H,4-5,12H2,1-3H3/b18-13+. The minimum absolute atomic E-state index is 0.512. The molecule has 5 nitrogen and oxygen atoms in total. The Balaban J connectivity index is 1.82. The SMILES string of the molecule is CCCCOc1ccc(/C=C(\C#N)c2nc(-c3ccc(OC)cc3OC)cs2)cc1. The van der Waals surface area contributed by atoms with Gasteiger partial charge in [-0.3, -0.25) is 0 Å². The highest BCUT2D eigenvalue weighted by Crippen LogP contribution is 2.35. The van der Waals surface area contributed by atoms with Gasteiger partial charge in [0, 0.05) is 17.0 Å². The van der Waals surface area contributed by atoms with E-state index in [1.54, 1.807) is 14.2 Å². The molecule has 1 heterocycles. The van der Waals surface area contributed by atoms with Crippen molar-refractivity contribution < 1.29 is 14.2 Å². The van der Waals surface area contributed by atoms with E-state index in [-0.39, 0.29) is 0 Å². The van der Waals surface area contributed by atoms with E-state index in [0.29, 0.717) is 28.7 Å². The van der Waals surface area contributed by atoms with Crippen LogP contribution in [-0.4, -0.2) is 25.8 Å². The molecule has 0 unspecified atom stereocenters. The van der Waals surface area contributed by atoms with E-state index in [9.17, 15) is 5.26 Å². The van der Waals surface area contributed by atoms with Crippen LogP contribution in [0.3, 0.4) is 0 Å². The van der Waals surface area contributed by atoms with Crippen molar-refractivity contribution in [2.75, 3.05) is 20.8 Å². The second kappa shape index (κ2) is 10.5. The van der Waals surface area contributed by atoms with E-state index >= 15 is 0 Å². The molecule has 0 radical (unpaired) electrons. The molecule has 0 saturated heterocycles. The van der Waals surface area contributed by atoms with Gasteiger partial charge in [-0.25, -0.2) is 4.98 Å². The molecule has 30 heavy (non-hydrogen) atoms. The lowest BCUT2D eigenvalue weighted by Crippen LogP contribution is -1.95. The van der Waals surface area contributed by atoms with Crippen LogP contribution in [0.15, 0.2) is 47.8 Å². The Morgan fingerprint density at radius 3 is 2.53 bits per heavy atom. The summed E-state index contributed by atoms with van der Waals surface area (Å²) in [6, 6.07) is 15.6. The maximum absolute atomic E-state index is 9.67. The number of unbranched alkanes of at least 4 members (excludes halogenated alkanes) is 1. The number of ether oxygens (including phenoxy) is 3. The zero-order valence-corrected chi connectivity index (χ0v) is 18.2. The number of thiazole rings is 1. The molecule has 154 valence electrons. The highest BCUT2D eigenvalue weighted by Gasteiger charge is 2.13. The highest BCUT2D eigenvalue weighted by atomic mass is 32.1. The van der Waals surface area contributed by atoms with Crippen molar-refractivity contribution in [3.8, 4) is 34.6 Å². The fraction of sp³-hybridized carbons (Fsp3) is 0.250. The highest BCUT2D eigenvalue weighted by molar-refractivity contribution is 7.11. The molecule has 2 aromatic carbocycles. The average Bonchev–Trinajstić information content (AvgIpc) is 3.28. The first kappa shape index (κ1) is 21.4. The van der Waals surface area contributed by atoms with Crippen LogP contribution in [0.25, 0.3) is 22.9 Å². The lowest BCUT2D eigenvalue weighted by Gasteiger charge is -2.08. The number of hydrogen-bond donors (Lipinski definition) is 0. The lowest BCUT2D eigenvalue weighted by atomic mass is 10.1. The van der Waals surface area contributed by atoms with E-state index in [1.807, 2.05) is 53.9 Å². The van der Waals surface area contributed by atoms with E-state index in [0.717, 1.165) is 35.4 Å². The number of aromatic nitrogens is 1. The van der Waals surface area contributed by atoms with Gasteiger partial charge in [0.2, 0.25) is 0 Å². The lowest BCUT2D eigenvalue weighted by molar-refractivity contribution is 0.309. The number of benzene rings is 2. The van der Waals surface area contributed by atoms with Crippen molar-refractivity contribution in [1.82, 2.24) is 4.98 Å². The number of nitrogens with zero attached hydrogens (tertiary/aromatic N) is 2. The Morgan fingerprint density at radius 1 is 1.10 bits per heavy atom. The number of hydrogen-bond acceptors (Lipinski definition) is 6. The molecule has 0 amide bonds. The molecule has 3 rings (SSSR count). The molecular weight excluding hydrogens is 396 g/mol. The number of allylic oxidation sites excluding steroid dienone is 1. The Morgan fingerprint density at radius 2 is 1.87 bits per heavy atom. The quantitative estimate of drug-likeness (QED) is 0.310. The van der Waals surface area contributed by atoms with Crippen molar-refractivity contribution in [3.63, 3.8) is 0 Å². The van der Waals surface area contributed by atoms with Crippen LogP contribution in [0.5, 0.6) is 17.2 Å². The second-order valence-corrected chi connectivity index (χ2v) is 7.40. The van der Waals surface area contributed by atoms with Gasteiger partial charge in [0.05, 0.1) is 32.1 Å². The van der Waals surface area contributed by atoms with Crippen LogP contribution in [0.2, 0.25) is 0 Å². The van der Waals surface area contributed by atoms with E-state index < -0.39 is 0 Å². The summed E-state index contributed by atoms with van der Waals surface area (Å²) in [5, 5.41) is 12.3. The minimum Gasteiger partial charge on any atom is -0.497 e. The van der Waals surface area contributed by atoms with Crippen LogP contribution in [0.1, 0.15) is 30.3 Å². The normalized spacial score (nSPS) is 11.1. The van der Waals surface area contributed by atoms with Crippen LogP contribution < -0.4 is 14.2 Å². The largest absolute Gasteiger partial charge is 0.497 e. The smallest absolute Gasteiger partial charge is 0.134 e. The van der Waals surface area contributed by atoms with Gasteiger partial charge in [-0.05, 0) is 42.3 Å². The molecule has 0 aliphatic carbocycles. The number of methoxy groups -OCH3 is 2. The predicted molar refractivity (Wildman–Crippen MR) is 121 cm³/mol. The second-order valence-electron chi connectivity index (χ2n) is 6.54. The summed E-state index contributed by atoms with van der Waals surface area (Å²) in [6.07, 6.45) is 3.97. The topological polar surface area (TPSA) is 64.4 Å². The molecular formula is C24H24N2O3S. The first-order valence-corrected chi connectivity index (χ1v) is 10.6. The Bertz CT molecular complexity index is 1050. The summed E-state index contributed by atoms with van der Waals surface area (Å²) >= 11 is 1.43. The van der Waals surface area contributed by atoms with Crippen molar-refractivity contribution in [2.24, 2.45) is 0 Å². The fourth-order valence-electron chi connectivity index (χ4n) is 2.83. The maximum Gasteiger partial charge on any atom is 0.134 e. The van der Waals surface area contributed by atoms with E-state index in [4.69, 9.17) is 14.2 Å². The third-order valence-electron chi connectivity index (χ3n) is 4.50. The summed E-state index contributed by atoms with van der Waals surface area (Å²) in [6.45, 7) is 2.85. The van der Waals surface area contributed by atoms with Crippen LogP contribution in [-0.2, 0) is 0 Å². The molecule has 3 aromatic rings. The predicted octanol–water partition coefficient (Wildman–Crippen LogP) is 6.07. The summed E-state index contributed by atoms with van der Waals surface area (Å²) in [4.78, 5) is 4.66. The molecule has 6 heteroatoms. The molecule has 0 N–H and O–H groups in total. The third kappa shape index (κ3) is 5.19. The van der Waals surface area contributed by atoms with Gasteiger partial charge in [0.15, 0.2) is 0 Å². The molecule has 1 aromatic heterocycles. The molecule has 0 aliphatic heterocycles. The number of rotatable bonds is 9. The molecule has 0 saturated carbocycles. The van der Waals surface area contributed by atoms with Crippen LogP contribution in [0.4, 0.5) is 0 Å². The zero-order valence-electron chi connectivity index (χ0n) is 17.3. The van der Waals surface area contributed by atoms with Crippen molar-refractivity contribution in [3.05, 3.63) is 58.4 Å². The Labute approximate surface area is 181 Å². The number of nitriles is 1. The first-order valence-electron chi connectivity index (χ1n) is 9.71. The first-order chi connectivity index (χ1) is 14.7. The fourth-order valence-corrected chi connectivity index (χ4v) is 3.62. The van der Waals surface area contributed by atoms with Gasteiger partial charge in [-0.2, -0.15) is 5.26 Å². The van der Waals surface area contributed by atoms with E-state index in [2.05, 4.69) is 18.0 Å². The van der Waals surface area contributed by atoms with Crippen molar-refractivity contribution in [1.29, 1.82) is 5.26 Å². The molecule has 0 atom stereocenters. The molecule has 0 bridgehead atoms. The molecule has 0 fully saturated rings. The monoisotopic (exact) mass is 420 g/mol. The van der Waals surface area contributed by atoms with Crippen LogP contribution in [0, 0.1) is 11.3 Å². The summed E-state index contributed by atoms with van der Waals surface area (Å²) in [7, 11) is 3.23. The van der Waals surface area contributed by atoms with Crippen molar-refractivity contribution >= 4 is 23.0 Å². The third-order valence-corrected chi connectivity index (χ3v) is 5.37. The summed E-state index contributed by atoms with van der Waals surface area (Å²) < 4.78 is 16.4. The van der Waals surface area contributed by atoms with Gasteiger partial charge < -0.3 is 14.2 Å².